The van der Waals surface area contributed by atoms with E-state index in [2.05, 4.69) is 0 Å². The van der Waals surface area contributed by atoms with Gasteiger partial charge in [-0.3, -0.25) is 0 Å². The van der Waals surface area contributed by atoms with Crippen molar-refractivity contribution in [2.75, 3.05) is 12.4 Å². The highest BCUT2D eigenvalue weighted by atomic mass is 32.2. The van der Waals surface area contributed by atoms with Crippen molar-refractivity contribution in [3.63, 3.8) is 0 Å². The van der Waals surface area contributed by atoms with E-state index in [0.29, 0.717) is 6.61 Å². The van der Waals surface area contributed by atoms with Gasteiger partial charge in [-0.1, -0.05) is 12.1 Å². The van der Waals surface area contributed by atoms with E-state index in [0.717, 1.165) is 27.7 Å². The van der Waals surface area contributed by atoms with Crippen LogP contribution in [0.15, 0.2) is 45.9 Å². The third-order valence-electron chi connectivity index (χ3n) is 2.85. The zero-order chi connectivity index (χ0) is 13.7. The smallest absolute Gasteiger partial charge is 0.119 e. The molecule has 2 N–H and O–H groups in total. The first-order chi connectivity index (χ1) is 9.20. The highest BCUT2D eigenvalue weighted by Crippen LogP contribution is 2.27. The van der Waals surface area contributed by atoms with Gasteiger partial charge in [0.2, 0.25) is 0 Å². The molecule has 4 heteroatoms. The summed E-state index contributed by atoms with van der Waals surface area (Å²) in [5.74, 6) is 2.66. The Hall–Kier alpha value is -1.39. The first-order valence-electron chi connectivity index (χ1n) is 6.36. The van der Waals surface area contributed by atoms with Crippen LogP contribution in [0.25, 0.3) is 0 Å². The fourth-order valence-electron chi connectivity index (χ4n) is 1.78. The molecule has 1 unspecified atom stereocenters. The van der Waals surface area contributed by atoms with E-state index >= 15 is 0 Å². The van der Waals surface area contributed by atoms with Crippen molar-refractivity contribution in [3.05, 3.63) is 47.9 Å². The minimum Gasteiger partial charge on any atom is -0.494 e. The second-order valence-corrected chi connectivity index (χ2v) is 5.32. The Morgan fingerprint density at radius 1 is 1.26 bits per heavy atom. The summed E-state index contributed by atoms with van der Waals surface area (Å²) < 4.78 is 10.7. The van der Waals surface area contributed by atoms with Gasteiger partial charge in [0.25, 0.3) is 0 Å². The standard InChI is InChI=1S/C15H19NO2S/c1-3-17-13-6-4-12(5-7-13)14(16)10-19-15-8-9-18-11(15)2/h4-9,14H,3,10,16H2,1-2H3. The fraction of sp³-hybridized carbons (Fsp3) is 0.333. The summed E-state index contributed by atoms with van der Waals surface area (Å²) in [5, 5.41) is 0. The number of thioether (sulfide) groups is 1. The molecular weight excluding hydrogens is 258 g/mol. The van der Waals surface area contributed by atoms with Gasteiger partial charge < -0.3 is 14.9 Å². The number of hydrogen-bond acceptors (Lipinski definition) is 4. The molecule has 0 aliphatic rings. The third kappa shape index (κ3) is 3.78. The lowest BCUT2D eigenvalue weighted by Crippen LogP contribution is -2.12. The first kappa shape index (κ1) is 14.0. The van der Waals surface area contributed by atoms with Crippen LogP contribution in [-0.4, -0.2) is 12.4 Å². The highest BCUT2D eigenvalue weighted by Gasteiger charge is 2.09. The Balaban J connectivity index is 1.92. The van der Waals surface area contributed by atoms with Crippen LogP contribution < -0.4 is 10.5 Å². The Kier molecular flexibility index (Phi) is 4.93. The van der Waals surface area contributed by atoms with Crippen molar-refractivity contribution in [2.45, 2.75) is 24.8 Å². The number of hydrogen-bond donors (Lipinski definition) is 1. The lowest BCUT2D eigenvalue weighted by Gasteiger charge is -2.12. The topological polar surface area (TPSA) is 48.4 Å². The van der Waals surface area contributed by atoms with Crippen molar-refractivity contribution in [2.24, 2.45) is 5.73 Å². The lowest BCUT2D eigenvalue weighted by molar-refractivity contribution is 0.340. The van der Waals surface area contributed by atoms with Gasteiger partial charge in [-0.15, -0.1) is 11.8 Å². The summed E-state index contributed by atoms with van der Waals surface area (Å²) in [6.45, 7) is 4.62. The van der Waals surface area contributed by atoms with Crippen LogP contribution in [0.2, 0.25) is 0 Å². The van der Waals surface area contributed by atoms with Gasteiger partial charge >= 0.3 is 0 Å². The minimum absolute atomic E-state index is 0.00924. The summed E-state index contributed by atoms with van der Waals surface area (Å²) in [4.78, 5) is 1.15. The summed E-state index contributed by atoms with van der Waals surface area (Å²) in [7, 11) is 0. The number of nitrogens with two attached hydrogens (primary N) is 1. The van der Waals surface area contributed by atoms with Crippen molar-refractivity contribution in [1.82, 2.24) is 0 Å². The molecule has 0 amide bonds. The monoisotopic (exact) mass is 277 g/mol. The predicted octanol–water partition coefficient (Wildman–Crippen LogP) is 3.78. The molecule has 2 aromatic rings. The number of aryl methyl sites for hydroxylation is 1. The quantitative estimate of drug-likeness (QED) is 0.816. The summed E-state index contributed by atoms with van der Waals surface area (Å²) >= 11 is 1.72. The third-order valence-corrected chi connectivity index (χ3v) is 4.11. The van der Waals surface area contributed by atoms with Gasteiger partial charge in [0.1, 0.15) is 11.5 Å². The van der Waals surface area contributed by atoms with E-state index in [9.17, 15) is 0 Å². The van der Waals surface area contributed by atoms with Crippen LogP contribution in [-0.2, 0) is 0 Å². The predicted molar refractivity (Wildman–Crippen MR) is 78.7 cm³/mol. The molecule has 0 fully saturated rings. The second-order valence-electron chi connectivity index (χ2n) is 4.26. The van der Waals surface area contributed by atoms with Crippen molar-refractivity contribution in [3.8, 4) is 5.75 Å². The highest BCUT2D eigenvalue weighted by molar-refractivity contribution is 7.99. The normalized spacial score (nSPS) is 12.4. The molecular formula is C15H19NO2S. The molecule has 3 nitrogen and oxygen atoms in total. The average molecular weight is 277 g/mol. The van der Waals surface area contributed by atoms with E-state index in [1.165, 1.54) is 0 Å². The van der Waals surface area contributed by atoms with Gasteiger partial charge in [-0.2, -0.15) is 0 Å². The molecule has 1 atom stereocenters. The molecule has 1 aromatic heterocycles. The summed E-state index contributed by atoms with van der Waals surface area (Å²) in [6.07, 6.45) is 1.71. The second kappa shape index (κ2) is 6.68. The molecule has 0 radical (unpaired) electrons. The van der Waals surface area contributed by atoms with Gasteiger partial charge in [0.15, 0.2) is 0 Å². The van der Waals surface area contributed by atoms with Crippen LogP contribution in [0, 0.1) is 6.92 Å². The molecule has 1 aromatic carbocycles. The van der Waals surface area contributed by atoms with Crippen LogP contribution in [0.1, 0.15) is 24.3 Å². The van der Waals surface area contributed by atoms with E-state index in [4.69, 9.17) is 14.9 Å². The SMILES string of the molecule is CCOc1ccc(C(N)CSc2ccoc2C)cc1. The van der Waals surface area contributed by atoms with Crippen molar-refractivity contribution in [1.29, 1.82) is 0 Å². The lowest BCUT2D eigenvalue weighted by atomic mass is 10.1. The summed E-state index contributed by atoms with van der Waals surface area (Å²) in [6, 6.07) is 9.97. The van der Waals surface area contributed by atoms with Gasteiger partial charge in [-0.25, -0.2) is 0 Å². The van der Waals surface area contributed by atoms with E-state index < -0.39 is 0 Å². The zero-order valence-electron chi connectivity index (χ0n) is 11.3. The largest absolute Gasteiger partial charge is 0.494 e. The maximum absolute atomic E-state index is 6.19. The molecule has 0 spiro atoms. The van der Waals surface area contributed by atoms with Crippen LogP contribution in [0.4, 0.5) is 0 Å². The molecule has 0 saturated heterocycles. The zero-order valence-corrected chi connectivity index (χ0v) is 12.1. The number of rotatable bonds is 6. The van der Waals surface area contributed by atoms with Crippen LogP contribution in [0.5, 0.6) is 5.75 Å². The van der Waals surface area contributed by atoms with Crippen LogP contribution in [0.3, 0.4) is 0 Å². The Bertz CT molecular complexity index is 507. The maximum atomic E-state index is 6.19. The van der Waals surface area contributed by atoms with Crippen molar-refractivity contribution >= 4 is 11.8 Å². The van der Waals surface area contributed by atoms with E-state index in [1.54, 1.807) is 18.0 Å². The molecule has 1 heterocycles. The fourth-order valence-corrected chi connectivity index (χ4v) is 2.73. The molecule has 2 rings (SSSR count). The molecule has 0 aliphatic heterocycles. The van der Waals surface area contributed by atoms with Crippen molar-refractivity contribution < 1.29 is 9.15 Å². The van der Waals surface area contributed by atoms with Gasteiger partial charge in [0.05, 0.1) is 12.9 Å². The molecule has 0 aliphatic carbocycles. The Labute approximate surface area is 118 Å². The number of ether oxygens (including phenoxy) is 1. The summed E-state index contributed by atoms with van der Waals surface area (Å²) in [5.41, 5.74) is 7.32. The van der Waals surface area contributed by atoms with Gasteiger partial charge in [-0.05, 0) is 37.6 Å². The minimum atomic E-state index is 0.00924. The molecule has 0 bridgehead atoms. The van der Waals surface area contributed by atoms with Gasteiger partial charge in [0, 0.05) is 16.7 Å². The number of furan rings is 1. The molecule has 19 heavy (non-hydrogen) atoms. The van der Waals surface area contributed by atoms with E-state index in [-0.39, 0.29) is 6.04 Å². The Morgan fingerprint density at radius 2 is 2.00 bits per heavy atom. The van der Waals surface area contributed by atoms with E-state index in [1.807, 2.05) is 44.2 Å². The maximum Gasteiger partial charge on any atom is 0.119 e. The van der Waals surface area contributed by atoms with Crippen LogP contribution >= 0.6 is 11.8 Å². The molecule has 0 saturated carbocycles. The average Bonchev–Trinajstić information content (AvgIpc) is 2.83. The first-order valence-corrected chi connectivity index (χ1v) is 7.34. The number of benzene rings is 1. The molecule has 102 valence electrons. The Morgan fingerprint density at radius 3 is 2.58 bits per heavy atom.